The average molecular weight is 700 g/mol. The Hall–Kier alpha value is -3.56. The van der Waals surface area contributed by atoms with Crippen molar-refractivity contribution in [2.75, 3.05) is 10.2 Å². The number of carbonyl (C=O) groups excluding carboxylic acids is 3. The number of benzene rings is 3. The Balaban J connectivity index is 1.36. The molecule has 1 aromatic heterocycles. The Kier molecular flexibility index (Phi) is 7.67. The monoisotopic (exact) mass is 698 g/mol. The van der Waals surface area contributed by atoms with Crippen LogP contribution in [0.2, 0.25) is 0 Å². The van der Waals surface area contributed by atoms with E-state index in [1.54, 1.807) is 12.1 Å². The maximum atomic E-state index is 13.9. The molecule has 0 radical (unpaired) electrons. The van der Waals surface area contributed by atoms with Crippen LogP contribution in [0.5, 0.6) is 0 Å². The molecular formula is C29H23BrN4O6S3. The van der Waals surface area contributed by atoms with E-state index in [0.717, 1.165) is 38.7 Å². The number of aromatic nitrogens is 1. The number of hydrogen-bond donors (Lipinski definition) is 2. The summed E-state index contributed by atoms with van der Waals surface area (Å²) in [5.74, 6) is -2.55. The first-order valence-electron chi connectivity index (χ1n) is 12.9. The lowest BCUT2D eigenvalue weighted by molar-refractivity contribution is -0.122. The molecule has 2 aliphatic heterocycles. The molecule has 3 amide bonds. The SMILES string of the molecule is Cc1ccc(N2C(=O)[C@H]3[C@H](c4ccc(Br)cc4)c4sc(=O)n(CC(=O)Nc5ccc(S(N)(=O)=O)cc5)c4S[C@H]3C2=O)cc1. The highest BCUT2D eigenvalue weighted by atomic mass is 79.9. The molecular weight excluding hydrogens is 676 g/mol. The molecule has 220 valence electrons. The molecule has 3 N–H and O–H groups in total. The Bertz CT molecular complexity index is 1940. The zero-order chi connectivity index (χ0) is 30.6. The van der Waals surface area contributed by atoms with Gasteiger partial charge >= 0.3 is 4.87 Å². The second-order valence-electron chi connectivity index (χ2n) is 10.2. The number of sulfonamides is 1. The van der Waals surface area contributed by atoms with Crippen LogP contribution in [0.25, 0.3) is 0 Å². The molecule has 10 nitrogen and oxygen atoms in total. The first kappa shape index (κ1) is 29.5. The zero-order valence-corrected chi connectivity index (χ0v) is 26.4. The van der Waals surface area contributed by atoms with Gasteiger partial charge in [-0.25, -0.2) is 18.5 Å². The summed E-state index contributed by atoms with van der Waals surface area (Å²) in [5, 5.41) is 7.47. The van der Waals surface area contributed by atoms with Gasteiger partial charge in [0.2, 0.25) is 27.7 Å². The Morgan fingerprint density at radius 1 is 0.953 bits per heavy atom. The number of amides is 3. The zero-order valence-electron chi connectivity index (χ0n) is 22.4. The number of nitrogens with zero attached hydrogens (tertiary/aromatic N) is 2. The minimum atomic E-state index is -3.89. The van der Waals surface area contributed by atoms with Gasteiger partial charge in [-0.1, -0.05) is 68.9 Å². The summed E-state index contributed by atoms with van der Waals surface area (Å²) in [7, 11) is -3.89. The molecule has 0 saturated carbocycles. The molecule has 4 aromatic rings. The highest BCUT2D eigenvalue weighted by Gasteiger charge is 2.56. The number of anilines is 2. The van der Waals surface area contributed by atoms with Crippen molar-refractivity contribution >= 4 is 78.1 Å². The van der Waals surface area contributed by atoms with Crippen LogP contribution in [-0.2, 0) is 31.0 Å². The molecule has 3 atom stereocenters. The number of thioether (sulfide) groups is 1. The smallest absolute Gasteiger partial charge is 0.308 e. The molecule has 6 rings (SSSR count). The molecule has 1 saturated heterocycles. The van der Waals surface area contributed by atoms with Crippen LogP contribution in [0.1, 0.15) is 21.9 Å². The number of nitrogens with one attached hydrogen (secondary N) is 1. The quantitative estimate of drug-likeness (QED) is 0.289. The molecule has 43 heavy (non-hydrogen) atoms. The van der Waals surface area contributed by atoms with Crippen molar-refractivity contribution < 1.29 is 22.8 Å². The lowest BCUT2D eigenvalue weighted by Crippen LogP contribution is -2.33. The lowest BCUT2D eigenvalue weighted by atomic mass is 9.83. The first-order chi connectivity index (χ1) is 20.4. The molecule has 14 heteroatoms. The van der Waals surface area contributed by atoms with Crippen LogP contribution in [0.15, 0.2) is 92.0 Å². The molecule has 0 bridgehead atoms. The third-order valence-corrected chi connectivity index (χ3v) is 11.4. The molecule has 3 heterocycles. The van der Waals surface area contributed by atoms with Crippen LogP contribution in [0.4, 0.5) is 11.4 Å². The molecule has 0 unspecified atom stereocenters. The molecule has 0 aliphatic carbocycles. The van der Waals surface area contributed by atoms with Crippen molar-refractivity contribution in [1.82, 2.24) is 4.57 Å². The van der Waals surface area contributed by atoms with Gasteiger partial charge in [-0.2, -0.15) is 0 Å². The second-order valence-corrected chi connectivity index (χ2v) is 14.8. The minimum absolute atomic E-state index is 0.103. The van der Waals surface area contributed by atoms with E-state index in [2.05, 4.69) is 21.2 Å². The average Bonchev–Trinajstić information content (AvgIpc) is 3.40. The first-order valence-corrected chi connectivity index (χ1v) is 17.0. The van der Waals surface area contributed by atoms with Crippen molar-refractivity contribution in [2.24, 2.45) is 11.1 Å². The summed E-state index contributed by atoms with van der Waals surface area (Å²) in [6.07, 6.45) is 0. The van der Waals surface area contributed by atoms with E-state index in [4.69, 9.17) is 5.14 Å². The van der Waals surface area contributed by atoms with Gasteiger partial charge in [-0.05, 0) is 61.0 Å². The van der Waals surface area contributed by atoms with Gasteiger partial charge in [0.1, 0.15) is 11.8 Å². The fourth-order valence-corrected chi connectivity index (χ4v) is 8.86. The third-order valence-electron chi connectivity index (χ3n) is 7.34. The molecule has 2 aliphatic rings. The highest BCUT2D eigenvalue weighted by molar-refractivity contribution is 9.10. The standard InChI is InChI=1S/C29H23BrN4O6S3/c1-15-2-10-19(11-3-15)34-26(36)23-22(16-4-6-17(30)7-5-16)25-28(41-24(23)27(34)37)33(29(38)42-25)14-21(35)32-18-8-12-20(13-9-18)43(31,39)40/h2-13,22-24H,14H2,1H3,(H,32,35)(H2,31,39,40)/t22-,23-,24+/m0/s1. The van der Waals surface area contributed by atoms with Crippen molar-refractivity contribution in [3.63, 3.8) is 0 Å². The summed E-state index contributed by atoms with van der Waals surface area (Å²) in [6.45, 7) is 1.58. The van der Waals surface area contributed by atoms with E-state index in [1.807, 2.05) is 43.3 Å². The van der Waals surface area contributed by atoms with Crippen molar-refractivity contribution in [2.45, 2.75) is 34.6 Å². The number of primary sulfonamides is 1. The number of fused-ring (bicyclic) bond motifs is 2. The number of nitrogens with two attached hydrogens (primary N) is 1. The van der Waals surface area contributed by atoms with Crippen LogP contribution in [0, 0.1) is 12.8 Å². The highest BCUT2D eigenvalue weighted by Crippen LogP contribution is 2.54. The van der Waals surface area contributed by atoms with E-state index in [0.29, 0.717) is 21.3 Å². The maximum absolute atomic E-state index is 13.9. The number of rotatable bonds is 6. The van der Waals surface area contributed by atoms with Crippen LogP contribution in [-0.4, -0.2) is 36.0 Å². The summed E-state index contributed by atoms with van der Waals surface area (Å²) in [6, 6.07) is 19.9. The summed E-state index contributed by atoms with van der Waals surface area (Å²) >= 11 is 5.54. The van der Waals surface area contributed by atoms with Gasteiger partial charge in [-0.15, -0.1) is 0 Å². The topological polar surface area (TPSA) is 149 Å². The van der Waals surface area contributed by atoms with Crippen LogP contribution >= 0.6 is 39.0 Å². The predicted molar refractivity (Wildman–Crippen MR) is 168 cm³/mol. The number of halogens is 1. The molecule has 3 aromatic carbocycles. The summed E-state index contributed by atoms with van der Waals surface area (Å²) < 4.78 is 25.2. The third kappa shape index (κ3) is 5.49. The fourth-order valence-electron chi connectivity index (χ4n) is 5.30. The number of carbonyl (C=O) groups is 3. The summed E-state index contributed by atoms with van der Waals surface area (Å²) in [5.41, 5.74) is 2.57. The van der Waals surface area contributed by atoms with Gasteiger partial charge in [0.25, 0.3) is 0 Å². The van der Waals surface area contributed by atoms with Gasteiger partial charge < -0.3 is 5.32 Å². The van der Waals surface area contributed by atoms with Gasteiger partial charge in [0.15, 0.2) is 0 Å². The summed E-state index contributed by atoms with van der Waals surface area (Å²) in [4.78, 5) is 55.5. The normalized spacial score (nSPS) is 19.7. The Morgan fingerprint density at radius 2 is 1.60 bits per heavy atom. The molecule has 1 fully saturated rings. The van der Waals surface area contributed by atoms with Crippen LogP contribution in [0.3, 0.4) is 0 Å². The lowest BCUT2D eigenvalue weighted by Gasteiger charge is -2.30. The number of thiazole rings is 1. The number of aryl methyl sites for hydroxylation is 1. The van der Waals surface area contributed by atoms with E-state index in [1.165, 1.54) is 33.7 Å². The maximum Gasteiger partial charge on any atom is 0.308 e. The van der Waals surface area contributed by atoms with Crippen molar-refractivity contribution in [1.29, 1.82) is 0 Å². The van der Waals surface area contributed by atoms with Gasteiger partial charge in [0.05, 0.1) is 21.5 Å². The van der Waals surface area contributed by atoms with Crippen molar-refractivity contribution in [3.8, 4) is 0 Å². The predicted octanol–water partition coefficient (Wildman–Crippen LogP) is 4.06. The van der Waals surface area contributed by atoms with Gasteiger partial charge in [0, 0.05) is 21.0 Å². The second kappa shape index (κ2) is 11.2. The number of imide groups is 1. The van der Waals surface area contributed by atoms with E-state index < -0.39 is 37.9 Å². The van der Waals surface area contributed by atoms with E-state index in [9.17, 15) is 27.6 Å². The van der Waals surface area contributed by atoms with E-state index >= 15 is 0 Å². The van der Waals surface area contributed by atoms with Crippen LogP contribution < -0.4 is 20.2 Å². The minimum Gasteiger partial charge on any atom is -0.325 e. The number of hydrogen-bond acceptors (Lipinski definition) is 8. The molecule has 0 spiro atoms. The van der Waals surface area contributed by atoms with E-state index in [-0.39, 0.29) is 23.3 Å². The fraction of sp³-hybridized carbons (Fsp3) is 0.172. The Morgan fingerprint density at radius 3 is 2.23 bits per heavy atom. The van der Waals surface area contributed by atoms with Gasteiger partial charge in [-0.3, -0.25) is 23.7 Å². The Labute approximate surface area is 263 Å². The largest absolute Gasteiger partial charge is 0.325 e. The van der Waals surface area contributed by atoms with Crippen molar-refractivity contribution in [3.05, 3.63) is 103 Å².